The molecule has 0 aromatic heterocycles. The van der Waals surface area contributed by atoms with Gasteiger partial charge in [0.05, 0.1) is 6.54 Å². The lowest BCUT2D eigenvalue weighted by atomic mass is 10.1. The van der Waals surface area contributed by atoms with Crippen molar-refractivity contribution in [2.24, 2.45) is 4.99 Å². The molecule has 1 rings (SSSR count). The maximum Gasteiger partial charge on any atom is 0.191 e. The highest BCUT2D eigenvalue weighted by Gasteiger charge is 2.01. The van der Waals surface area contributed by atoms with Crippen LogP contribution in [0.3, 0.4) is 0 Å². The van der Waals surface area contributed by atoms with Gasteiger partial charge in [0.25, 0.3) is 0 Å². The Morgan fingerprint density at radius 3 is 2.37 bits per heavy atom. The molecule has 6 nitrogen and oxygen atoms in total. The van der Waals surface area contributed by atoms with Crippen molar-refractivity contribution in [3.63, 3.8) is 0 Å². The summed E-state index contributed by atoms with van der Waals surface area (Å²) in [4.78, 5) is 9.07. The van der Waals surface area contributed by atoms with E-state index in [-0.39, 0.29) is 24.0 Å². The van der Waals surface area contributed by atoms with Crippen molar-refractivity contribution in [1.29, 1.82) is 0 Å². The summed E-state index contributed by atoms with van der Waals surface area (Å²) in [6, 6.07) is 8.70. The zero-order chi connectivity index (χ0) is 19.2. The number of likely N-dealkylation sites (N-methyl/N-ethyl adjacent to an activating group) is 1. The summed E-state index contributed by atoms with van der Waals surface area (Å²) in [5.74, 6) is 0.891. The Bertz CT molecular complexity index is 508. The second-order valence-electron chi connectivity index (χ2n) is 6.65. The molecule has 0 radical (unpaired) electrons. The first kappa shape index (κ1) is 25.9. The highest BCUT2D eigenvalue weighted by atomic mass is 127. The van der Waals surface area contributed by atoms with Gasteiger partial charge in [0.1, 0.15) is 0 Å². The molecule has 0 unspecified atom stereocenters. The van der Waals surface area contributed by atoms with Crippen LogP contribution in [0.25, 0.3) is 0 Å². The van der Waals surface area contributed by atoms with Gasteiger partial charge in [-0.15, -0.1) is 24.0 Å². The van der Waals surface area contributed by atoms with Gasteiger partial charge in [-0.3, -0.25) is 4.99 Å². The van der Waals surface area contributed by atoms with E-state index in [0.717, 1.165) is 58.1 Å². The fourth-order valence-electron chi connectivity index (χ4n) is 2.55. The Balaban J connectivity index is 0.00000676. The number of hydrogen-bond donors (Lipinski definition) is 2. The molecule has 0 saturated carbocycles. The lowest BCUT2D eigenvalue weighted by molar-refractivity contribution is 0.180. The molecule has 0 heterocycles. The van der Waals surface area contributed by atoms with E-state index in [1.54, 1.807) is 7.11 Å². The molecule has 0 aliphatic heterocycles. The Morgan fingerprint density at radius 1 is 1.07 bits per heavy atom. The van der Waals surface area contributed by atoms with Gasteiger partial charge in [0, 0.05) is 59.7 Å². The molecule has 0 aliphatic rings. The van der Waals surface area contributed by atoms with E-state index >= 15 is 0 Å². The fourth-order valence-corrected chi connectivity index (χ4v) is 2.55. The molecule has 0 atom stereocenters. The molecule has 156 valence electrons. The van der Waals surface area contributed by atoms with E-state index in [9.17, 15) is 0 Å². The first-order chi connectivity index (χ1) is 12.6. The number of hydrogen-bond acceptors (Lipinski definition) is 4. The summed E-state index contributed by atoms with van der Waals surface area (Å²) in [7, 11) is 7.99. The van der Waals surface area contributed by atoms with Gasteiger partial charge in [0.15, 0.2) is 5.96 Å². The third-order valence-corrected chi connectivity index (χ3v) is 4.14. The zero-order valence-electron chi connectivity index (χ0n) is 17.6. The van der Waals surface area contributed by atoms with Gasteiger partial charge in [-0.2, -0.15) is 0 Å². The van der Waals surface area contributed by atoms with Crippen LogP contribution >= 0.6 is 24.0 Å². The molecular weight excluding hydrogens is 453 g/mol. The van der Waals surface area contributed by atoms with Crippen LogP contribution in [-0.2, 0) is 11.2 Å². The topological polar surface area (TPSA) is 52.1 Å². The van der Waals surface area contributed by atoms with Crippen molar-refractivity contribution in [3.05, 3.63) is 29.8 Å². The van der Waals surface area contributed by atoms with Crippen LogP contribution < -0.4 is 15.5 Å². The lowest BCUT2D eigenvalue weighted by Gasteiger charge is -2.16. The van der Waals surface area contributed by atoms with Crippen LogP contribution in [0.4, 0.5) is 5.69 Å². The van der Waals surface area contributed by atoms with Crippen LogP contribution in [0, 0.1) is 0 Å². The van der Waals surface area contributed by atoms with Gasteiger partial charge in [0.2, 0.25) is 0 Å². The number of nitrogens with zero attached hydrogens (tertiary/aromatic N) is 3. The molecule has 0 spiro atoms. The van der Waals surface area contributed by atoms with Crippen molar-refractivity contribution in [1.82, 2.24) is 15.5 Å². The maximum absolute atomic E-state index is 5.09. The molecule has 0 amide bonds. The summed E-state index contributed by atoms with van der Waals surface area (Å²) in [6.07, 6.45) is 2.04. The van der Waals surface area contributed by atoms with Crippen molar-refractivity contribution < 1.29 is 4.74 Å². The number of nitrogens with one attached hydrogen (secondary N) is 2. The Labute approximate surface area is 182 Å². The number of rotatable bonds is 12. The summed E-state index contributed by atoms with van der Waals surface area (Å²) >= 11 is 0. The van der Waals surface area contributed by atoms with E-state index in [2.05, 4.69) is 77.8 Å². The molecule has 7 heteroatoms. The van der Waals surface area contributed by atoms with Crippen LogP contribution in [0.5, 0.6) is 0 Å². The second-order valence-corrected chi connectivity index (χ2v) is 6.65. The third kappa shape index (κ3) is 12.1. The molecule has 1 aromatic rings. The largest absolute Gasteiger partial charge is 0.385 e. The van der Waals surface area contributed by atoms with Gasteiger partial charge < -0.3 is 25.2 Å². The van der Waals surface area contributed by atoms with Crippen molar-refractivity contribution in [2.75, 3.05) is 72.5 Å². The fraction of sp³-hybridized carbons (Fsp3) is 0.650. The number of halogens is 1. The molecule has 2 N–H and O–H groups in total. The van der Waals surface area contributed by atoms with Gasteiger partial charge in [-0.05, 0) is 44.5 Å². The molecule has 0 saturated heterocycles. The number of methoxy groups -OCH3 is 1. The molecule has 0 fully saturated rings. The second kappa shape index (κ2) is 15.9. The van der Waals surface area contributed by atoms with E-state index in [0.29, 0.717) is 0 Å². The monoisotopic (exact) mass is 491 g/mol. The minimum Gasteiger partial charge on any atom is -0.385 e. The SMILES string of the molecule is CCNC(=NCCN(C)CCCOC)NCCc1ccc(N(C)C)cc1.I. The first-order valence-electron chi connectivity index (χ1n) is 9.52. The third-order valence-electron chi connectivity index (χ3n) is 4.14. The van der Waals surface area contributed by atoms with Gasteiger partial charge in [-0.1, -0.05) is 12.1 Å². The van der Waals surface area contributed by atoms with E-state index in [4.69, 9.17) is 4.74 Å². The average molecular weight is 491 g/mol. The minimum absolute atomic E-state index is 0. The standard InChI is InChI=1S/C20H37N5O.HI/c1-6-21-20(23-14-16-25(4)15-7-17-26-5)22-13-12-18-8-10-19(11-9-18)24(2)3;/h8-11H,6-7,12-17H2,1-5H3,(H2,21,22,23);1H. The van der Waals surface area contributed by atoms with Crippen LogP contribution in [0.1, 0.15) is 18.9 Å². The van der Waals surface area contributed by atoms with Crippen molar-refractivity contribution in [3.8, 4) is 0 Å². The average Bonchev–Trinajstić information content (AvgIpc) is 2.62. The highest BCUT2D eigenvalue weighted by Crippen LogP contribution is 2.12. The lowest BCUT2D eigenvalue weighted by Crippen LogP contribution is -2.39. The number of aliphatic imine (C=N–C) groups is 1. The van der Waals surface area contributed by atoms with E-state index in [1.807, 2.05) is 0 Å². The number of benzene rings is 1. The molecular formula is C20H38IN5O. The minimum atomic E-state index is 0. The summed E-state index contributed by atoms with van der Waals surface area (Å²) in [5, 5.41) is 6.74. The molecule has 0 aliphatic carbocycles. The summed E-state index contributed by atoms with van der Waals surface area (Å²) in [6.45, 7) is 7.42. The van der Waals surface area contributed by atoms with Gasteiger partial charge >= 0.3 is 0 Å². The van der Waals surface area contributed by atoms with Crippen LogP contribution in [-0.4, -0.2) is 78.4 Å². The smallest absolute Gasteiger partial charge is 0.191 e. The highest BCUT2D eigenvalue weighted by molar-refractivity contribution is 14.0. The summed E-state index contributed by atoms with van der Waals surface area (Å²) < 4.78 is 5.09. The number of ether oxygens (including phenoxy) is 1. The van der Waals surface area contributed by atoms with Crippen molar-refractivity contribution in [2.45, 2.75) is 19.8 Å². The van der Waals surface area contributed by atoms with Gasteiger partial charge in [-0.25, -0.2) is 0 Å². The summed E-state index contributed by atoms with van der Waals surface area (Å²) in [5.41, 5.74) is 2.56. The van der Waals surface area contributed by atoms with E-state index < -0.39 is 0 Å². The molecule has 27 heavy (non-hydrogen) atoms. The first-order valence-corrected chi connectivity index (χ1v) is 9.52. The Kier molecular flexibility index (Phi) is 15.3. The van der Waals surface area contributed by atoms with Crippen LogP contribution in [0.2, 0.25) is 0 Å². The molecule has 1 aromatic carbocycles. The predicted molar refractivity (Wildman–Crippen MR) is 128 cm³/mol. The predicted octanol–water partition coefficient (Wildman–Crippen LogP) is 2.44. The maximum atomic E-state index is 5.09. The number of anilines is 1. The van der Waals surface area contributed by atoms with E-state index in [1.165, 1.54) is 11.3 Å². The Hall–Kier alpha value is -1.06. The van der Waals surface area contributed by atoms with Crippen molar-refractivity contribution >= 4 is 35.6 Å². The zero-order valence-corrected chi connectivity index (χ0v) is 20.0. The molecule has 0 bridgehead atoms. The quantitative estimate of drug-likeness (QED) is 0.204. The van der Waals surface area contributed by atoms with Crippen LogP contribution in [0.15, 0.2) is 29.3 Å². The normalized spacial score (nSPS) is 11.3. The Morgan fingerprint density at radius 2 is 1.78 bits per heavy atom. The number of guanidine groups is 1.